The lowest BCUT2D eigenvalue weighted by Gasteiger charge is -2.09. The summed E-state index contributed by atoms with van der Waals surface area (Å²) in [4.78, 5) is 2.56. The quantitative estimate of drug-likeness (QED) is 0.881. The van der Waals surface area contributed by atoms with E-state index in [0.29, 0.717) is 0 Å². The molecule has 0 aliphatic heterocycles. The normalized spacial score (nSPS) is 10.6. The van der Waals surface area contributed by atoms with E-state index in [1.807, 2.05) is 13.1 Å². The van der Waals surface area contributed by atoms with Gasteiger partial charge in [-0.2, -0.15) is 0 Å². The Morgan fingerprint density at radius 1 is 1.11 bits per heavy atom. The molecule has 0 fully saturated rings. The molecule has 0 bridgehead atoms. The van der Waals surface area contributed by atoms with Gasteiger partial charge in [0, 0.05) is 20.8 Å². The number of benzene rings is 2. The molecule has 0 saturated heterocycles. The van der Waals surface area contributed by atoms with E-state index in [9.17, 15) is 0 Å². The minimum Gasteiger partial charge on any atom is -0.316 e. The minimum absolute atomic E-state index is 0.917. The topological polar surface area (TPSA) is 12.0 Å². The van der Waals surface area contributed by atoms with Crippen molar-refractivity contribution >= 4 is 27.7 Å². The van der Waals surface area contributed by atoms with Gasteiger partial charge in [0.1, 0.15) is 0 Å². The number of nitrogens with one attached hydrogen (secondary N) is 1. The molecule has 0 radical (unpaired) electrons. The molecule has 2 rings (SSSR count). The number of halogens is 1. The fourth-order valence-electron chi connectivity index (χ4n) is 1.79. The Morgan fingerprint density at radius 2 is 1.89 bits per heavy atom. The summed E-state index contributed by atoms with van der Waals surface area (Å²) >= 11 is 5.39. The Morgan fingerprint density at radius 3 is 2.56 bits per heavy atom. The first-order chi connectivity index (χ1) is 8.70. The maximum absolute atomic E-state index is 3.59. The Kier molecular flexibility index (Phi) is 4.87. The van der Waals surface area contributed by atoms with Crippen LogP contribution in [0.5, 0.6) is 0 Å². The van der Waals surface area contributed by atoms with Gasteiger partial charge in [0.05, 0.1) is 0 Å². The van der Waals surface area contributed by atoms with E-state index in [0.717, 1.165) is 11.0 Å². The second kappa shape index (κ2) is 6.41. The minimum atomic E-state index is 0.917. The van der Waals surface area contributed by atoms with Crippen LogP contribution >= 0.6 is 27.7 Å². The fourth-order valence-corrected chi connectivity index (χ4v) is 3.22. The molecule has 2 aromatic carbocycles. The van der Waals surface area contributed by atoms with Crippen LogP contribution in [0.15, 0.2) is 56.7 Å². The monoisotopic (exact) mass is 321 g/mol. The van der Waals surface area contributed by atoms with Crippen LogP contribution in [0, 0.1) is 6.92 Å². The molecule has 2 aromatic rings. The molecule has 94 valence electrons. The van der Waals surface area contributed by atoms with Crippen LogP contribution in [0.25, 0.3) is 0 Å². The van der Waals surface area contributed by atoms with Gasteiger partial charge in [-0.25, -0.2) is 0 Å². The van der Waals surface area contributed by atoms with Gasteiger partial charge < -0.3 is 5.32 Å². The predicted octanol–water partition coefficient (Wildman–Crippen LogP) is 4.63. The van der Waals surface area contributed by atoms with E-state index in [1.165, 1.54) is 20.9 Å². The molecule has 0 saturated carbocycles. The largest absolute Gasteiger partial charge is 0.316 e. The van der Waals surface area contributed by atoms with Crippen LogP contribution in [0.4, 0.5) is 0 Å². The average molecular weight is 322 g/mol. The van der Waals surface area contributed by atoms with E-state index < -0.39 is 0 Å². The molecule has 0 unspecified atom stereocenters. The van der Waals surface area contributed by atoms with Crippen molar-refractivity contribution in [2.45, 2.75) is 23.3 Å². The standard InChI is InChI=1S/C15H16BrNS/c1-11-9-12(10-17-2)7-8-14(11)18-15-6-4-3-5-13(15)16/h3-9,17H,10H2,1-2H3. The third-order valence-corrected chi connectivity index (χ3v) is 4.88. The second-order valence-electron chi connectivity index (χ2n) is 4.16. The van der Waals surface area contributed by atoms with Crippen LogP contribution in [0.2, 0.25) is 0 Å². The van der Waals surface area contributed by atoms with Gasteiger partial charge in [0.25, 0.3) is 0 Å². The zero-order valence-corrected chi connectivity index (χ0v) is 12.9. The summed E-state index contributed by atoms with van der Waals surface area (Å²) in [5.41, 5.74) is 2.65. The summed E-state index contributed by atoms with van der Waals surface area (Å²) in [6.07, 6.45) is 0. The van der Waals surface area contributed by atoms with Gasteiger partial charge in [-0.05, 0) is 59.2 Å². The van der Waals surface area contributed by atoms with E-state index in [2.05, 4.69) is 64.6 Å². The Balaban J connectivity index is 2.22. The maximum Gasteiger partial charge on any atom is 0.0314 e. The summed E-state index contributed by atoms with van der Waals surface area (Å²) < 4.78 is 1.15. The summed E-state index contributed by atoms with van der Waals surface area (Å²) in [6, 6.07) is 14.9. The van der Waals surface area contributed by atoms with Crippen molar-refractivity contribution < 1.29 is 0 Å². The first-order valence-corrected chi connectivity index (χ1v) is 7.48. The lowest BCUT2D eigenvalue weighted by Crippen LogP contribution is -2.05. The number of aryl methyl sites for hydroxylation is 1. The van der Waals surface area contributed by atoms with Crippen molar-refractivity contribution in [2.75, 3.05) is 7.05 Å². The van der Waals surface area contributed by atoms with E-state index in [1.54, 1.807) is 11.8 Å². The molecule has 0 atom stereocenters. The highest BCUT2D eigenvalue weighted by Gasteiger charge is 2.05. The van der Waals surface area contributed by atoms with Gasteiger partial charge in [0.15, 0.2) is 0 Å². The lowest BCUT2D eigenvalue weighted by molar-refractivity contribution is 0.815. The van der Waals surface area contributed by atoms with E-state index in [4.69, 9.17) is 0 Å². The summed E-state index contributed by atoms with van der Waals surface area (Å²) in [5.74, 6) is 0. The van der Waals surface area contributed by atoms with Gasteiger partial charge in [0.2, 0.25) is 0 Å². The first-order valence-electron chi connectivity index (χ1n) is 5.87. The van der Waals surface area contributed by atoms with Crippen LogP contribution in [0.3, 0.4) is 0 Å². The van der Waals surface area contributed by atoms with E-state index in [-0.39, 0.29) is 0 Å². The van der Waals surface area contributed by atoms with Crippen molar-refractivity contribution in [3.05, 3.63) is 58.1 Å². The summed E-state index contributed by atoms with van der Waals surface area (Å²) in [5, 5.41) is 3.18. The highest BCUT2D eigenvalue weighted by molar-refractivity contribution is 9.10. The third kappa shape index (κ3) is 3.37. The third-order valence-electron chi connectivity index (χ3n) is 2.68. The first kappa shape index (κ1) is 13.7. The molecular weight excluding hydrogens is 306 g/mol. The van der Waals surface area contributed by atoms with Crippen molar-refractivity contribution in [1.29, 1.82) is 0 Å². The van der Waals surface area contributed by atoms with Crippen molar-refractivity contribution in [2.24, 2.45) is 0 Å². The molecule has 0 spiro atoms. The average Bonchev–Trinajstić information content (AvgIpc) is 2.35. The molecular formula is C15H16BrNS. The zero-order chi connectivity index (χ0) is 13.0. The zero-order valence-electron chi connectivity index (χ0n) is 10.5. The fraction of sp³-hybridized carbons (Fsp3) is 0.200. The Labute approximate surface area is 121 Å². The number of hydrogen-bond acceptors (Lipinski definition) is 2. The number of hydrogen-bond donors (Lipinski definition) is 1. The van der Waals surface area contributed by atoms with Crippen molar-refractivity contribution in [3.63, 3.8) is 0 Å². The molecule has 0 aliphatic carbocycles. The van der Waals surface area contributed by atoms with Crippen molar-refractivity contribution in [3.8, 4) is 0 Å². The predicted molar refractivity (Wildman–Crippen MR) is 82.2 cm³/mol. The van der Waals surface area contributed by atoms with Gasteiger partial charge in [-0.3, -0.25) is 0 Å². The van der Waals surface area contributed by atoms with Crippen LogP contribution in [-0.2, 0) is 6.54 Å². The molecule has 18 heavy (non-hydrogen) atoms. The van der Waals surface area contributed by atoms with Gasteiger partial charge in [-0.15, -0.1) is 0 Å². The summed E-state index contributed by atoms with van der Waals surface area (Å²) in [6.45, 7) is 3.08. The van der Waals surface area contributed by atoms with Crippen LogP contribution in [0.1, 0.15) is 11.1 Å². The van der Waals surface area contributed by atoms with Crippen LogP contribution in [-0.4, -0.2) is 7.05 Å². The highest BCUT2D eigenvalue weighted by Crippen LogP contribution is 2.35. The highest BCUT2D eigenvalue weighted by atomic mass is 79.9. The molecule has 0 heterocycles. The van der Waals surface area contributed by atoms with Crippen molar-refractivity contribution in [1.82, 2.24) is 5.32 Å². The smallest absolute Gasteiger partial charge is 0.0314 e. The molecule has 3 heteroatoms. The summed E-state index contributed by atoms with van der Waals surface area (Å²) in [7, 11) is 1.97. The molecule has 0 aliphatic rings. The Bertz CT molecular complexity index is 540. The second-order valence-corrected chi connectivity index (χ2v) is 6.10. The maximum atomic E-state index is 3.59. The van der Waals surface area contributed by atoms with E-state index >= 15 is 0 Å². The van der Waals surface area contributed by atoms with Gasteiger partial charge >= 0.3 is 0 Å². The SMILES string of the molecule is CNCc1ccc(Sc2ccccc2Br)c(C)c1. The molecule has 0 aromatic heterocycles. The number of rotatable bonds is 4. The molecule has 1 nitrogen and oxygen atoms in total. The molecule has 0 amide bonds. The van der Waals surface area contributed by atoms with Crippen LogP contribution < -0.4 is 5.32 Å². The lowest BCUT2D eigenvalue weighted by atomic mass is 10.1. The van der Waals surface area contributed by atoms with Gasteiger partial charge in [-0.1, -0.05) is 36.0 Å². The Hall–Kier alpha value is -0.770. The molecule has 1 N–H and O–H groups in total.